The molecule has 1 aromatic rings. The number of hydrogen-bond donors (Lipinski definition) is 2. The molecule has 1 rings (SSSR count). The number of aryl methyl sites for hydroxylation is 2. The minimum atomic E-state index is -0.990. The molecule has 1 aromatic carbocycles. The predicted octanol–water partition coefficient (Wildman–Crippen LogP) is 1.64. The molecule has 3 N–H and O–H groups in total. The molecule has 3 nitrogen and oxygen atoms in total. The molecule has 14 heavy (non-hydrogen) atoms. The smallest absolute Gasteiger partial charge is 0.325 e. The van der Waals surface area contributed by atoms with Gasteiger partial charge in [0.05, 0.1) is 0 Å². The standard InChI is InChI=1S/C11H15NO2/c1-3-8-6-9(5-4-7(8)2)10(12)11(13)14/h4-6,10H,3,12H2,1-2H3,(H,13,14). The summed E-state index contributed by atoms with van der Waals surface area (Å²) in [6.07, 6.45) is 0.895. The molecule has 0 fully saturated rings. The zero-order chi connectivity index (χ0) is 10.7. The fraction of sp³-hybridized carbons (Fsp3) is 0.364. The lowest BCUT2D eigenvalue weighted by molar-refractivity contribution is -0.138. The maximum Gasteiger partial charge on any atom is 0.325 e. The van der Waals surface area contributed by atoms with Gasteiger partial charge in [0.25, 0.3) is 0 Å². The van der Waals surface area contributed by atoms with Gasteiger partial charge in [0, 0.05) is 0 Å². The van der Waals surface area contributed by atoms with Crippen molar-refractivity contribution in [1.82, 2.24) is 0 Å². The number of carbonyl (C=O) groups is 1. The number of rotatable bonds is 3. The minimum Gasteiger partial charge on any atom is -0.480 e. The van der Waals surface area contributed by atoms with E-state index in [0.29, 0.717) is 5.56 Å². The Labute approximate surface area is 83.6 Å². The minimum absolute atomic E-state index is 0.667. The maximum atomic E-state index is 10.7. The van der Waals surface area contributed by atoms with E-state index in [2.05, 4.69) is 0 Å². The normalized spacial score (nSPS) is 12.5. The van der Waals surface area contributed by atoms with Gasteiger partial charge in [-0.25, -0.2) is 0 Å². The molecule has 0 saturated heterocycles. The number of benzene rings is 1. The first-order valence-electron chi connectivity index (χ1n) is 4.64. The topological polar surface area (TPSA) is 63.3 Å². The lowest BCUT2D eigenvalue weighted by Crippen LogP contribution is -2.20. The number of aliphatic carboxylic acids is 1. The van der Waals surface area contributed by atoms with Crippen molar-refractivity contribution < 1.29 is 9.90 Å². The van der Waals surface area contributed by atoms with E-state index in [1.165, 1.54) is 5.56 Å². The van der Waals surface area contributed by atoms with Gasteiger partial charge in [-0.2, -0.15) is 0 Å². The van der Waals surface area contributed by atoms with Crippen molar-refractivity contribution in [3.63, 3.8) is 0 Å². The van der Waals surface area contributed by atoms with Crippen molar-refractivity contribution in [3.8, 4) is 0 Å². The average Bonchev–Trinajstić information content (AvgIpc) is 2.17. The summed E-state index contributed by atoms with van der Waals surface area (Å²) in [5.41, 5.74) is 8.51. The molecule has 0 bridgehead atoms. The highest BCUT2D eigenvalue weighted by Crippen LogP contribution is 2.16. The largest absolute Gasteiger partial charge is 0.480 e. The van der Waals surface area contributed by atoms with Crippen LogP contribution in [0.15, 0.2) is 18.2 Å². The van der Waals surface area contributed by atoms with Crippen LogP contribution in [0.5, 0.6) is 0 Å². The molecule has 0 saturated carbocycles. The summed E-state index contributed by atoms with van der Waals surface area (Å²) >= 11 is 0. The van der Waals surface area contributed by atoms with Crippen LogP contribution in [-0.2, 0) is 11.2 Å². The van der Waals surface area contributed by atoms with Crippen molar-refractivity contribution in [2.24, 2.45) is 5.73 Å². The van der Waals surface area contributed by atoms with Gasteiger partial charge in [-0.1, -0.05) is 25.1 Å². The van der Waals surface area contributed by atoms with Crippen molar-refractivity contribution >= 4 is 5.97 Å². The quantitative estimate of drug-likeness (QED) is 0.767. The summed E-state index contributed by atoms with van der Waals surface area (Å²) in [6, 6.07) is 4.64. The van der Waals surface area contributed by atoms with Crippen LogP contribution in [0.4, 0.5) is 0 Å². The van der Waals surface area contributed by atoms with Crippen LogP contribution in [0.1, 0.15) is 29.7 Å². The Kier molecular flexibility index (Phi) is 3.25. The van der Waals surface area contributed by atoms with Gasteiger partial charge in [-0.15, -0.1) is 0 Å². The van der Waals surface area contributed by atoms with Crippen LogP contribution in [0.25, 0.3) is 0 Å². The zero-order valence-corrected chi connectivity index (χ0v) is 8.45. The van der Waals surface area contributed by atoms with Crippen LogP contribution >= 0.6 is 0 Å². The molecular formula is C11H15NO2. The molecule has 1 unspecified atom stereocenters. The van der Waals surface area contributed by atoms with Crippen LogP contribution < -0.4 is 5.73 Å². The number of carboxylic acids is 1. The number of hydrogen-bond acceptors (Lipinski definition) is 2. The van der Waals surface area contributed by atoms with E-state index in [1.54, 1.807) is 6.07 Å². The Balaban J connectivity index is 3.06. The van der Waals surface area contributed by atoms with E-state index in [9.17, 15) is 4.79 Å². The van der Waals surface area contributed by atoms with E-state index < -0.39 is 12.0 Å². The SMILES string of the molecule is CCc1cc(C(N)C(=O)O)ccc1C. The van der Waals surface area contributed by atoms with Crippen molar-refractivity contribution in [1.29, 1.82) is 0 Å². The third-order valence-electron chi connectivity index (χ3n) is 2.38. The maximum absolute atomic E-state index is 10.7. The Morgan fingerprint density at radius 2 is 2.21 bits per heavy atom. The van der Waals surface area contributed by atoms with Crippen molar-refractivity contribution in [2.75, 3.05) is 0 Å². The highest BCUT2D eigenvalue weighted by Gasteiger charge is 2.14. The van der Waals surface area contributed by atoms with Gasteiger partial charge in [-0.3, -0.25) is 4.79 Å². The van der Waals surface area contributed by atoms with Gasteiger partial charge >= 0.3 is 5.97 Å². The molecule has 0 aliphatic heterocycles. The van der Waals surface area contributed by atoms with Crippen molar-refractivity contribution in [2.45, 2.75) is 26.3 Å². The van der Waals surface area contributed by atoms with E-state index in [0.717, 1.165) is 12.0 Å². The van der Waals surface area contributed by atoms with E-state index in [4.69, 9.17) is 10.8 Å². The molecular weight excluding hydrogens is 178 g/mol. The first-order valence-corrected chi connectivity index (χ1v) is 4.64. The van der Waals surface area contributed by atoms with Gasteiger partial charge in [0.1, 0.15) is 6.04 Å². The Hall–Kier alpha value is -1.35. The zero-order valence-electron chi connectivity index (χ0n) is 8.45. The van der Waals surface area contributed by atoms with E-state index in [1.807, 2.05) is 26.0 Å². The second-order valence-corrected chi connectivity index (χ2v) is 3.36. The van der Waals surface area contributed by atoms with Gasteiger partial charge in [0.2, 0.25) is 0 Å². The Morgan fingerprint density at radius 3 is 2.71 bits per heavy atom. The van der Waals surface area contributed by atoms with Crippen LogP contribution in [0, 0.1) is 6.92 Å². The molecule has 0 radical (unpaired) electrons. The van der Waals surface area contributed by atoms with Crippen molar-refractivity contribution in [3.05, 3.63) is 34.9 Å². The summed E-state index contributed by atoms with van der Waals surface area (Å²) in [5.74, 6) is -0.990. The summed E-state index contributed by atoms with van der Waals surface area (Å²) in [5, 5.41) is 8.74. The summed E-state index contributed by atoms with van der Waals surface area (Å²) < 4.78 is 0. The lowest BCUT2D eigenvalue weighted by atomic mass is 9.99. The Morgan fingerprint density at radius 1 is 1.57 bits per heavy atom. The fourth-order valence-corrected chi connectivity index (χ4v) is 1.41. The molecule has 3 heteroatoms. The fourth-order valence-electron chi connectivity index (χ4n) is 1.41. The molecule has 0 aliphatic rings. The molecule has 0 aliphatic carbocycles. The third kappa shape index (κ3) is 2.12. The number of carboxylic acid groups (broad SMARTS) is 1. The second kappa shape index (κ2) is 4.24. The average molecular weight is 193 g/mol. The molecule has 0 heterocycles. The first-order chi connectivity index (χ1) is 6.56. The highest BCUT2D eigenvalue weighted by atomic mass is 16.4. The molecule has 0 amide bonds. The molecule has 76 valence electrons. The summed E-state index contributed by atoms with van der Waals surface area (Å²) in [4.78, 5) is 10.7. The summed E-state index contributed by atoms with van der Waals surface area (Å²) in [6.45, 7) is 4.05. The van der Waals surface area contributed by atoms with Gasteiger partial charge < -0.3 is 10.8 Å². The lowest BCUT2D eigenvalue weighted by Gasteiger charge is -2.10. The summed E-state index contributed by atoms with van der Waals surface area (Å²) in [7, 11) is 0. The van der Waals surface area contributed by atoms with Crippen LogP contribution in [0.2, 0.25) is 0 Å². The second-order valence-electron chi connectivity index (χ2n) is 3.36. The first kappa shape index (κ1) is 10.7. The third-order valence-corrected chi connectivity index (χ3v) is 2.38. The highest BCUT2D eigenvalue weighted by molar-refractivity contribution is 5.75. The van der Waals surface area contributed by atoms with Gasteiger partial charge in [0.15, 0.2) is 0 Å². The number of nitrogens with two attached hydrogens (primary N) is 1. The van der Waals surface area contributed by atoms with E-state index in [-0.39, 0.29) is 0 Å². The monoisotopic (exact) mass is 193 g/mol. The molecule has 0 spiro atoms. The molecule has 1 atom stereocenters. The Bertz CT molecular complexity index is 347. The van der Waals surface area contributed by atoms with Crippen LogP contribution in [0.3, 0.4) is 0 Å². The molecule has 0 aromatic heterocycles. The predicted molar refractivity (Wildman–Crippen MR) is 55.1 cm³/mol. The van der Waals surface area contributed by atoms with Gasteiger partial charge in [-0.05, 0) is 30.0 Å². The van der Waals surface area contributed by atoms with E-state index >= 15 is 0 Å². The van der Waals surface area contributed by atoms with Crippen LogP contribution in [-0.4, -0.2) is 11.1 Å².